The second-order valence-electron chi connectivity index (χ2n) is 6.92. The van der Waals surface area contributed by atoms with E-state index in [1.807, 2.05) is 62.5 Å². The van der Waals surface area contributed by atoms with Crippen LogP contribution >= 0.6 is 0 Å². The molecule has 2 aromatic rings. The molecule has 0 spiro atoms. The molecule has 2 aliphatic heterocycles. The van der Waals surface area contributed by atoms with Gasteiger partial charge in [0.15, 0.2) is 12.1 Å². The maximum absolute atomic E-state index is 6.11. The van der Waals surface area contributed by atoms with Crippen LogP contribution in [0.4, 0.5) is 0 Å². The van der Waals surface area contributed by atoms with Gasteiger partial charge in [-0.25, -0.2) is 0 Å². The first-order valence-electron chi connectivity index (χ1n) is 8.73. The summed E-state index contributed by atoms with van der Waals surface area (Å²) in [7, 11) is 1.61. The third-order valence-corrected chi connectivity index (χ3v) is 4.61. The Morgan fingerprint density at radius 2 is 1.85 bits per heavy atom. The van der Waals surface area contributed by atoms with E-state index in [4.69, 9.17) is 28.4 Å². The fourth-order valence-electron chi connectivity index (χ4n) is 3.52. The first kappa shape index (κ1) is 17.4. The van der Waals surface area contributed by atoms with Gasteiger partial charge in [-0.2, -0.15) is 0 Å². The molecule has 0 unspecified atom stereocenters. The van der Waals surface area contributed by atoms with Crippen LogP contribution in [-0.2, 0) is 18.9 Å². The summed E-state index contributed by atoms with van der Waals surface area (Å²) in [5.41, 5.74) is 1.01. The molecule has 138 valence electrons. The van der Waals surface area contributed by atoms with Crippen molar-refractivity contribution in [3.8, 4) is 0 Å². The van der Waals surface area contributed by atoms with Gasteiger partial charge in [0.1, 0.15) is 30.1 Å². The summed E-state index contributed by atoms with van der Waals surface area (Å²) < 4.78 is 29.3. The minimum atomic E-state index is -0.689. The average molecular weight is 357 g/mol. The lowest BCUT2D eigenvalue weighted by Gasteiger charge is -2.26. The van der Waals surface area contributed by atoms with Crippen LogP contribution in [0.25, 0.3) is 0 Å². The largest absolute Gasteiger partial charge is 0.467 e. The van der Waals surface area contributed by atoms with E-state index in [9.17, 15) is 0 Å². The second kappa shape index (κ2) is 6.96. The molecular formula is C20H23NO5. The predicted octanol–water partition coefficient (Wildman–Crippen LogP) is 3.33. The highest BCUT2D eigenvalue weighted by molar-refractivity contribution is 5.79. The molecule has 4 rings (SSSR count). The number of fused-ring (bicyclic) bond motifs is 1. The van der Waals surface area contributed by atoms with Crippen molar-refractivity contribution in [3.63, 3.8) is 0 Å². The Kier molecular flexibility index (Phi) is 4.67. The van der Waals surface area contributed by atoms with Crippen molar-refractivity contribution in [1.29, 1.82) is 0 Å². The van der Waals surface area contributed by atoms with E-state index in [2.05, 4.69) is 0 Å². The Morgan fingerprint density at radius 1 is 1.08 bits per heavy atom. The van der Waals surface area contributed by atoms with Gasteiger partial charge in [0.2, 0.25) is 0 Å². The summed E-state index contributed by atoms with van der Waals surface area (Å²) in [6, 6.07) is 13.3. The Bertz CT molecular complexity index is 743. The van der Waals surface area contributed by atoms with E-state index in [1.165, 1.54) is 0 Å². The molecule has 0 saturated carbocycles. The van der Waals surface area contributed by atoms with Gasteiger partial charge in [-0.1, -0.05) is 30.3 Å². The van der Waals surface area contributed by atoms with Crippen LogP contribution in [-0.4, -0.2) is 43.7 Å². The topological polar surface area (TPSA) is 62.4 Å². The number of hydrogen-bond acceptors (Lipinski definition) is 6. The first-order chi connectivity index (χ1) is 12.6. The highest BCUT2D eigenvalue weighted by Gasteiger charge is 2.58. The molecule has 26 heavy (non-hydrogen) atoms. The highest BCUT2D eigenvalue weighted by Crippen LogP contribution is 2.43. The lowest BCUT2D eigenvalue weighted by molar-refractivity contribution is -0.229. The van der Waals surface area contributed by atoms with Gasteiger partial charge < -0.3 is 23.4 Å². The zero-order valence-corrected chi connectivity index (χ0v) is 15.1. The summed E-state index contributed by atoms with van der Waals surface area (Å²) in [6.45, 7) is 3.79. The second-order valence-corrected chi connectivity index (χ2v) is 6.92. The Labute approximate surface area is 152 Å². The summed E-state index contributed by atoms with van der Waals surface area (Å²) >= 11 is 0. The summed E-state index contributed by atoms with van der Waals surface area (Å²) in [4.78, 5) is 4.76. The third kappa shape index (κ3) is 3.33. The molecule has 1 aromatic carbocycles. The van der Waals surface area contributed by atoms with Gasteiger partial charge in [0, 0.05) is 13.3 Å². The maximum Gasteiger partial charge on any atom is 0.186 e. The minimum absolute atomic E-state index is 0.294. The Morgan fingerprint density at radius 3 is 2.54 bits per heavy atom. The van der Waals surface area contributed by atoms with Crippen molar-refractivity contribution in [2.75, 3.05) is 7.11 Å². The fourth-order valence-corrected chi connectivity index (χ4v) is 3.52. The lowest BCUT2D eigenvalue weighted by Crippen LogP contribution is -2.33. The molecule has 5 atom stereocenters. The quantitative estimate of drug-likeness (QED) is 0.768. The number of methoxy groups -OCH3 is 1. The van der Waals surface area contributed by atoms with E-state index in [-0.39, 0.29) is 24.4 Å². The molecule has 0 N–H and O–H groups in total. The number of nitrogens with zero attached hydrogens (tertiary/aromatic N) is 1. The van der Waals surface area contributed by atoms with E-state index >= 15 is 0 Å². The van der Waals surface area contributed by atoms with Crippen molar-refractivity contribution >= 4 is 6.21 Å². The van der Waals surface area contributed by atoms with Gasteiger partial charge in [-0.05, 0) is 31.5 Å². The van der Waals surface area contributed by atoms with Crippen molar-refractivity contribution < 1.29 is 23.4 Å². The van der Waals surface area contributed by atoms with E-state index < -0.39 is 12.1 Å². The Balaban J connectivity index is 1.65. The molecule has 0 aliphatic carbocycles. The number of hydrogen-bond donors (Lipinski definition) is 0. The van der Waals surface area contributed by atoms with Gasteiger partial charge in [0.05, 0.1) is 6.26 Å². The third-order valence-electron chi connectivity index (χ3n) is 4.61. The van der Waals surface area contributed by atoms with E-state index in [0.29, 0.717) is 5.76 Å². The van der Waals surface area contributed by atoms with Gasteiger partial charge in [-0.15, -0.1) is 0 Å². The molecule has 3 heterocycles. The lowest BCUT2D eigenvalue weighted by atomic mass is 10.0. The maximum atomic E-state index is 6.11. The molecule has 2 fully saturated rings. The number of ether oxygens (including phenoxy) is 4. The van der Waals surface area contributed by atoms with Crippen molar-refractivity contribution in [1.82, 2.24) is 0 Å². The van der Waals surface area contributed by atoms with Crippen LogP contribution in [0.1, 0.15) is 31.2 Å². The van der Waals surface area contributed by atoms with Gasteiger partial charge in [-0.3, -0.25) is 4.99 Å². The highest BCUT2D eigenvalue weighted by atomic mass is 16.8. The molecule has 6 nitrogen and oxygen atoms in total. The van der Waals surface area contributed by atoms with Crippen LogP contribution in [0, 0.1) is 0 Å². The number of aliphatic imine (C=N–C) groups is 1. The summed E-state index contributed by atoms with van der Waals surface area (Å²) in [5.74, 6) is 0.0244. The minimum Gasteiger partial charge on any atom is -0.467 e. The Hall–Kier alpha value is -1.99. The molecule has 2 aliphatic rings. The number of benzene rings is 1. The van der Waals surface area contributed by atoms with Crippen molar-refractivity contribution in [2.24, 2.45) is 4.99 Å². The zero-order chi connectivity index (χ0) is 18.1. The molecule has 0 bridgehead atoms. The molecule has 6 heteroatoms. The van der Waals surface area contributed by atoms with Crippen LogP contribution in [0.2, 0.25) is 0 Å². The van der Waals surface area contributed by atoms with Gasteiger partial charge >= 0.3 is 0 Å². The normalized spacial score (nSPS) is 31.3. The summed E-state index contributed by atoms with van der Waals surface area (Å²) in [5, 5.41) is 0. The molecular weight excluding hydrogens is 334 g/mol. The van der Waals surface area contributed by atoms with Crippen LogP contribution < -0.4 is 0 Å². The molecule has 1 aromatic heterocycles. The SMILES string of the molecule is CO[C@@H]1O[C@H]([C@@H](N=Cc2ccccc2)c2ccco2)[C@H]2OC(C)(C)O[C@@H]12. The standard InChI is InChI=1S/C20H23NO5/c1-20(2)25-17-16(24-19(22-3)18(17)26-20)15(14-10-7-11-23-14)21-12-13-8-5-4-6-9-13/h4-12,15-19H,1-3H3/t15-,16+,17+,18+,19+/m0/s1. The van der Waals surface area contributed by atoms with Crippen LogP contribution in [0.15, 0.2) is 58.1 Å². The van der Waals surface area contributed by atoms with Crippen LogP contribution in [0.5, 0.6) is 0 Å². The molecule has 0 radical (unpaired) electrons. The predicted molar refractivity (Wildman–Crippen MR) is 95.0 cm³/mol. The zero-order valence-electron chi connectivity index (χ0n) is 15.1. The van der Waals surface area contributed by atoms with Crippen molar-refractivity contribution in [2.45, 2.75) is 50.3 Å². The molecule has 2 saturated heterocycles. The van der Waals surface area contributed by atoms with Crippen molar-refractivity contribution in [3.05, 3.63) is 60.1 Å². The van der Waals surface area contributed by atoms with Gasteiger partial charge in [0.25, 0.3) is 0 Å². The fraction of sp³-hybridized carbons (Fsp3) is 0.450. The smallest absolute Gasteiger partial charge is 0.186 e. The number of furan rings is 1. The summed E-state index contributed by atoms with van der Waals surface area (Å²) in [6.07, 6.45) is 1.99. The monoisotopic (exact) mass is 357 g/mol. The first-order valence-corrected chi connectivity index (χ1v) is 8.73. The average Bonchev–Trinajstić information content (AvgIpc) is 3.32. The van der Waals surface area contributed by atoms with Crippen LogP contribution in [0.3, 0.4) is 0 Å². The molecule has 0 amide bonds. The van der Waals surface area contributed by atoms with E-state index in [1.54, 1.807) is 13.4 Å². The number of rotatable bonds is 5. The van der Waals surface area contributed by atoms with E-state index in [0.717, 1.165) is 5.56 Å².